The second-order valence-electron chi connectivity index (χ2n) is 9.51. The molecule has 0 amide bonds. The first-order valence-electron chi connectivity index (χ1n) is 9.20. The van der Waals surface area contributed by atoms with Crippen molar-refractivity contribution in [3.8, 4) is 0 Å². The molecular weight excluding hydrogens is 378 g/mol. The van der Waals surface area contributed by atoms with Gasteiger partial charge in [0.2, 0.25) is 15.0 Å². The zero-order valence-electron chi connectivity index (χ0n) is 17.8. The summed E-state index contributed by atoms with van der Waals surface area (Å²) in [6, 6.07) is 0.0267. The van der Waals surface area contributed by atoms with Crippen LogP contribution in [0.25, 0.3) is 0 Å². The standard InChI is InChI=1S/C19H33N3O3SSi/c1-13(2)10-15-19(6,12-25-27(8,9)18(3,4)5)14-11-20-17(26(7,23)24)22-16(14)21-15/h11,15H,1,10,12H2,2-9H3,(H,20,21,22)/t15-,19-/m1/s1. The predicted octanol–water partition coefficient (Wildman–Crippen LogP) is 3.92. The fourth-order valence-electron chi connectivity index (χ4n) is 2.93. The molecule has 0 saturated heterocycles. The first-order valence-corrected chi connectivity index (χ1v) is 14.0. The lowest BCUT2D eigenvalue weighted by Gasteiger charge is -2.40. The van der Waals surface area contributed by atoms with E-state index in [0.29, 0.717) is 12.4 Å². The van der Waals surface area contributed by atoms with Crippen molar-refractivity contribution in [3.05, 3.63) is 23.9 Å². The van der Waals surface area contributed by atoms with Gasteiger partial charge in [0, 0.05) is 36.1 Å². The molecule has 152 valence electrons. The summed E-state index contributed by atoms with van der Waals surface area (Å²) in [6.45, 7) is 19.8. The molecular formula is C19H33N3O3SSi. The van der Waals surface area contributed by atoms with E-state index in [9.17, 15) is 8.42 Å². The van der Waals surface area contributed by atoms with Gasteiger partial charge in [0.25, 0.3) is 0 Å². The normalized spacial score (nSPS) is 23.0. The molecule has 1 aromatic rings. The molecule has 2 rings (SSSR count). The molecule has 0 radical (unpaired) electrons. The molecule has 2 atom stereocenters. The van der Waals surface area contributed by atoms with Crippen LogP contribution >= 0.6 is 0 Å². The smallest absolute Gasteiger partial charge is 0.248 e. The summed E-state index contributed by atoms with van der Waals surface area (Å²) in [6.07, 6.45) is 3.51. The monoisotopic (exact) mass is 411 g/mol. The Kier molecular flexibility index (Phi) is 5.69. The van der Waals surface area contributed by atoms with Crippen LogP contribution in [-0.4, -0.2) is 45.6 Å². The van der Waals surface area contributed by atoms with Gasteiger partial charge in [0.05, 0.1) is 0 Å². The summed E-state index contributed by atoms with van der Waals surface area (Å²) < 4.78 is 30.2. The van der Waals surface area contributed by atoms with Crippen LogP contribution in [0.2, 0.25) is 18.1 Å². The number of aromatic nitrogens is 2. The van der Waals surface area contributed by atoms with Crippen molar-refractivity contribution >= 4 is 24.0 Å². The number of rotatable bonds is 6. The van der Waals surface area contributed by atoms with Crippen LogP contribution in [-0.2, 0) is 19.7 Å². The molecule has 0 saturated carbocycles. The van der Waals surface area contributed by atoms with Crippen molar-refractivity contribution in [2.24, 2.45) is 0 Å². The van der Waals surface area contributed by atoms with Gasteiger partial charge in [-0.15, -0.1) is 6.58 Å². The number of hydrogen-bond donors (Lipinski definition) is 1. The van der Waals surface area contributed by atoms with Crippen LogP contribution in [0, 0.1) is 0 Å². The lowest BCUT2D eigenvalue weighted by Crippen LogP contribution is -2.47. The summed E-state index contributed by atoms with van der Waals surface area (Å²) in [5, 5.41) is 3.36. The third-order valence-corrected chi connectivity index (χ3v) is 11.2. The zero-order chi connectivity index (χ0) is 20.8. The fourth-order valence-corrected chi connectivity index (χ4v) is 4.53. The Morgan fingerprint density at radius 1 is 1.41 bits per heavy atom. The summed E-state index contributed by atoms with van der Waals surface area (Å²) in [7, 11) is -5.40. The molecule has 0 aromatic carbocycles. The molecule has 1 aliphatic rings. The van der Waals surface area contributed by atoms with E-state index < -0.39 is 18.2 Å². The quantitative estimate of drug-likeness (QED) is 0.434. The highest BCUT2D eigenvalue weighted by atomic mass is 32.2. The number of hydrogen-bond acceptors (Lipinski definition) is 6. The van der Waals surface area contributed by atoms with E-state index in [2.05, 4.69) is 62.7 Å². The van der Waals surface area contributed by atoms with E-state index in [0.717, 1.165) is 23.8 Å². The van der Waals surface area contributed by atoms with Crippen LogP contribution in [0.4, 0.5) is 5.82 Å². The van der Waals surface area contributed by atoms with Gasteiger partial charge in [-0.3, -0.25) is 0 Å². The Bertz CT molecular complexity index is 846. The molecule has 1 N–H and O–H groups in total. The van der Waals surface area contributed by atoms with E-state index in [1.165, 1.54) is 0 Å². The Morgan fingerprint density at radius 2 is 2.00 bits per heavy atom. The van der Waals surface area contributed by atoms with Gasteiger partial charge in [-0.1, -0.05) is 33.3 Å². The highest BCUT2D eigenvalue weighted by Gasteiger charge is 2.47. The predicted molar refractivity (Wildman–Crippen MR) is 112 cm³/mol. The maximum atomic E-state index is 11.8. The topological polar surface area (TPSA) is 81.2 Å². The average Bonchev–Trinajstić information content (AvgIpc) is 2.75. The SMILES string of the molecule is C=C(C)C[C@H]1Nc2nc(S(C)(=O)=O)ncc2[C@@]1(C)CO[Si](C)(C)C(C)(C)C. The number of nitrogens with one attached hydrogen (secondary N) is 1. The highest BCUT2D eigenvalue weighted by Crippen LogP contribution is 2.44. The first-order chi connectivity index (χ1) is 12.1. The van der Waals surface area contributed by atoms with Gasteiger partial charge in [0.15, 0.2) is 8.32 Å². The summed E-state index contributed by atoms with van der Waals surface area (Å²) in [4.78, 5) is 8.40. The molecule has 2 heterocycles. The Labute approximate surface area is 164 Å². The fraction of sp³-hybridized carbons (Fsp3) is 0.684. The van der Waals surface area contributed by atoms with Gasteiger partial charge >= 0.3 is 0 Å². The Balaban J connectivity index is 2.43. The van der Waals surface area contributed by atoms with Crippen LogP contribution in [0.15, 0.2) is 23.5 Å². The maximum absolute atomic E-state index is 11.8. The van der Waals surface area contributed by atoms with E-state index in [4.69, 9.17) is 4.43 Å². The largest absolute Gasteiger partial charge is 0.416 e. The molecule has 0 fully saturated rings. The summed E-state index contributed by atoms with van der Waals surface area (Å²) in [5.41, 5.74) is 1.59. The van der Waals surface area contributed by atoms with Gasteiger partial charge in [-0.2, -0.15) is 0 Å². The molecule has 27 heavy (non-hydrogen) atoms. The van der Waals surface area contributed by atoms with E-state index in [-0.39, 0.29) is 21.7 Å². The van der Waals surface area contributed by atoms with Crippen molar-refractivity contribution in [1.82, 2.24) is 9.97 Å². The molecule has 0 bridgehead atoms. The molecule has 0 unspecified atom stereocenters. The van der Waals surface area contributed by atoms with Crippen LogP contribution in [0.5, 0.6) is 0 Å². The minimum atomic E-state index is -3.46. The third kappa shape index (κ3) is 4.43. The lowest BCUT2D eigenvalue weighted by atomic mass is 9.78. The first kappa shape index (κ1) is 22.0. The second-order valence-corrected chi connectivity index (χ2v) is 16.2. The van der Waals surface area contributed by atoms with E-state index in [1.807, 2.05) is 6.92 Å². The summed E-state index contributed by atoms with van der Waals surface area (Å²) >= 11 is 0. The van der Waals surface area contributed by atoms with E-state index >= 15 is 0 Å². The van der Waals surface area contributed by atoms with Gasteiger partial charge in [-0.05, 0) is 31.5 Å². The molecule has 0 spiro atoms. The van der Waals surface area contributed by atoms with Crippen molar-refractivity contribution in [3.63, 3.8) is 0 Å². The summed E-state index contributed by atoms with van der Waals surface area (Å²) in [5.74, 6) is 0.581. The van der Waals surface area contributed by atoms with E-state index in [1.54, 1.807) is 6.20 Å². The van der Waals surface area contributed by atoms with Gasteiger partial charge in [-0.25, -0.2) is 18.4 Å². The maximum Gasteiger partial charge on any atom is 0.248 e. The van der Waals surface area contributed by atoms with Gasteiger partial charge < -0.3 is 9.74 Å². The number of fused-ring (bicyclic) bond motifs is 1. The van der Waals surface area contributed by atoms with Gasteiger partial charge in [0.1, 0.15) is 5.82 Å². The molecule has 6 nitrogen and oxygen atoms in total. The minimum absolute atomic E-state index is 0.0267. The zero-order valence-corrected chi connectivity index (χ0v) is 19.6. The molecule has 8 heteroatoms. The molecule has 0 aliphatic carbocycles. The Morgan fingerprint density at radius 3 is 2.48 bits per heavy atom. The number of sulfone groups is 1. The second kappa shape index (κ2) is 6.97. The van der Waals surface area contributed by atoms with Crippen molar-refractivity contribution in [2.75, 3.05) is 18.2 Å². The number of anilines is 1. The number of nitrogens with zero attached hydrogens (tertiary/aromatic N) is 2. The minimum Gasteiger partial charge on any atom is -0.416 e. The third-order valence-electron chi connectivity index (χ3n) is 5.89. The van der Waals surface area contributed by atoms with Crippen LogP contribution in [0.1, 0.15) is 46.6 Å². The highest BCUT2D eigenvalue weighted by molar-refractivity contribution is 7.90. The average molecular weight is 412 g/mol. The van der Waals surface area contributed by atoms with Crippen LogP contribution in [0.3, 0.4) is 0 Å². The van der Waals surface area contributed by atoms with Crippen molar-refractivity contribution in [1.29, 1.82) is 0 Å². The lowest BCUT2D eigenvalue weighted by molar-refractivity contribution is 0.197. The molecule has 1 aliphatic heterocycles. The molecule has 1 aromatic heterocycles. The van der Waals surface area contributed by atoms with Crippen LogP contribution < -0.4 is 5.32 Å². The van der Waals surface area contributed by atoms with Crippen molar-refractivity contribution < 1.29 is 12.8 Å². The van der Waals surface area contributed by atoms with Crippen molar-refractivity contribution in [2.45, 2.75) is 75.8 Å². The Hall–Kier alpha value is -1.25.